The van der Waals surface area contributed by atoms with E-state index in [2.05, 4.69) is 0 Å². The Morgan fingerprint density at radius 1 is 0.632 bits per heavy atom. The fourth-order valence-electron chi connectivity index (χ4n) is 4.42. The molecule has 0 saturated heterocycles. The lowest BCUT2D eigenvalue weighted by molar-refractivity contribution is 0.0974. The van der Waals surface area contributed by atoms with Crippen LogP contribution >= 0.6 is 0 Å². The highest BCUT2D eigenvalue weighted by molar-refractivity contribution is 6.30. The summed E-state index contributed by atoms with van der Waals surface area (Å²) in [4.78, 5) is 36.7. The highest BCUT2D eigenvalue weighted by atomic mass is 16.3. The lowest BCUT2D eigenvalue weighted by Crippen LogP contribution is -2.21. The van der Waals surface area contributed by atoms with Gasteiger partial charge in [0.05, 0.1) is 11.1 Å². The highest BCUT2D eigenvalue weighted by Gasteiger charge is 2.34. The predicted octanol–water partition coefficient (Wildman–Crippen LogP) is 5.05. The molecule has 0 spiro atoms. The van der Waals surface area contributed by atoms with Crippen molar-refractivity contribution >= 4 is 22.5 Å². The van der Waals surface area contributed by atoms with Gasteiger partial charge in [-0.2, -0.15) is 0 Å². The summed E-state index contributed by atoms with van der Waals surface area (Å²) in [5, 5.41) is 38.8. The third-order valence-corrected chi connectivity index (χ3v) is 6.10. The minimum Gasteiger partial charge on any atom is -0.508 e. The van der Waals surface area contributed by atoms with E-state index in [9.17, 15) is 34.8 Å². The summed E-state index contributed by atoms with van der Waals surface area (Å²) in [6, 6.07) is 20.3. The number of phenolic OH excluding ortho intramolecular Hbond substituents is 4. The van der Waals surface area contributed by atoms with Crippen molar-refractivity contribution in [2.24, 2.45) is 0 Å². The third kappa shape index (κ3) is 4.14. The Bertz CT molecular complexity index is 1820. The van der Waals surface area contributed by atoms with Crippen LogP contribution < -0.4 is 5.43 Å². The fourth-order valence-corrected chi connectivity index (χ4v) is 4.42. The van der Waals surface area contributed by atoms with E-state index in [0.717, 1.165) is 11.6 Å². The largest absolute Gasteiger partial charge is 0.508 e. The van der Waals surface area contributed by atoms with E-state index in [-0.39, 0.29) is 67.4 Å². The van der Waals surface area contributed by atoms with Gasteiger partial charge in [-0.1, -0.05) is 42.5 Å². The summed E-state index contributed by atoms with van der Waals surface area (Å²) in [6.45, 7) is 1.73. The number of benzene rings is 4. The van der Waals surface area contributed by atoms with Crippen molar-refractivity contribution in [3.8, 4) is 34.3 Å². The second kappa shape index (κ2) is 9.25. The van der Waals surface area contributed by atoms with Crippen LogP contribution in [0.5, 0.6) is 23.0 Å². The standard InChI is InChI=1S/2C15H10O4/c1-7-5-9-13(11(17)6-7)15(19)12-8(14(9)18)3-2-4-10(12)16;16-10-6-11(17)15-12(18)8-13(19-14(15)7-10)9-4-2-1-3-5-9/h2-6,16-17H,1H3;1-8,16-17H. The predicted molar refractivity (Wildman–Crippen MR) is 139 cm³/mol. The first-order chi connectivity index (χ1) is 18.2. The molecular weight excluding hydrogens is 488 g/mol. The Labute approximate surface area is 215 Å². The van der Waals surface area contributed by atoms with E-state index in [1.807, 2.05) is 30.3 Å². The minimum absolute atomic E-state index is 0.0374. The van der Waals surface area contributed by atoms with Crippen LogP contribution in [0.1, 0.15) is 37.4 Å². The number of hydrogen-bond donors (Lipinski definition) is 4. The Kier molecular flexibility index (Phi) is 5.92. The van der Waals surface area contributed by atoms with Crippen LogP contribution in [0.2, 0.25) is 0 Å². The Hall–Kier alpha value is -5.37. The number of hydrogen-bond acceptors (Lipinski definition) is 8. The van der Waals surface area contributed by atoms with Crippen LogP contribution in [-0.4, -0.2) is 32.0 Å². The first kappa shape index (κ1) is 24.3. The van der Waals surface area contributed by atoms with Gasteiger partial charge in [0, 0.05) is 34.9 Å². The zero-order valence-electron chi connectivity index (χ0n) is 19.9. The van der Waals surface area contributed by atoms with Crippen molar-refractivity contribution < 1.29 is 34.4 Å². The van der Waals surface area contributed by atoms with Gasteiger partial charge in [0.1, 0.15) is 39.7 Å². The summed E-state index contributed by atoms with van der Waals surface area (Å²) < 4.78 is 5.57. The number of aromatic hydroxyl groups is 4. The molecule has 5 aromatic rings. The van der Waals surface area contributed by atoms with E-state index in [1.165, 1.54) is 36.4 Å². The van der Waals surface area contributed by atoms with E-state index in [0.29, 0.717) is 11.3 Å². The van der Waals surface area contributed by atoms with Crippen molar-refractivity contribution in [2.75, 3.05) is 0 Å². The Morgan fingerprint density at radius 2 is 1.34 bits per heavy atom. The average Bonchev–Trinajstić information content (AvgIpc) is 2.87. The van der Waals surface area contributed by atoms with Gasteiger partial charge in [0.15, 0.2) is 11.2 Å². The van der Waals surface area contributed by atoms with Gasteiger partial charge in [-0.15, -0.1) is 0 Å². The van der Waals surface area contributed by atoms with Crippen molar-refractivity contribution in [1.29, 1.82) is 0 Å². The molecule has 0 aliphatic heterocycles. The first-order valence-corrected chi connectivity index (χ1v) is 11.5. The maximum absolute atomic E-state index is 12.3. The second-order valence-electron chi connectivity index (χ2n) is 8.74. The van der Waals surface area contributed by atoms with E-state index < -0.39 is 5.78 Å². The molecule has 1 aliphatic rings. The smallest absolute Gasteiger partial charge is 0.201 e. The summed E-state index contributed by atoms with van der Waals surface area (Å²) in [7, 11) is 0. The second-order valence-corrected chi connectivity index (χ2v) is 8.74. The van der Waals surface area contributed by atoms with Crippen molar-refractivity contribution in [3.63, 3.8) is 0 Å². The molecule has 0 fully saturated rings. The van der Waals surface area contributed by atoms with Crippen LogP contribution in [0.15, 0.2) is 88.1 Å². The molecule has 8 heteroatoms. The molecular formula is C30H20O8. The van der Waals surface area contributed by atoms with Gasteiger partial charge in [0.2, 0.25) is 5.78 Å². The van der Waals surface area contributed by atoms with Crippen LogP contribution in [0.4, 0.5) is 0 Å². The molecule has 8 nitrogen and oxygen atoms in total. The maximum atomic E-state index is 12.3. The molecule has 0 atom stereocenters. The quantitative estimate of drug-likeness (QED) is 0.241. The monoisotopic (exact) mass is 508 g/mol. The van der Waals surface area contributed by atoms with Gasteiger partial charge in [-0.3, -0.25) is 14.4 Å². The van der Waals surface area contributed by atoms with Gasteiger partial charge in [0.25, 0.3) is 0 Å². The van der Waals surface area contributed by atoms with Crippen LogP contribution in [0, 0.1) is 6.92 Å². The van der Waals surface area contributed by atoms with E-state index >= 15 is 0 Å². The molecule has 1 aliphatic carbocycles. The molecule has 6 rings (SSSR count). The summed E-state index contributed by atoms with van der Waals surface area (Å²) in [6.07, 6.45) is 0. The Morgan fingerprint density at radius 3 is 2.08 bits per heavy atom. The molecule has 0 radical (unpaired) electrons. The van der Waals surface area contributed by atoms with Crippen LogP contribution in [0.25, 0.3) is 22.3 Å². The van der Waals surface area contributed by atoms with Gasteiger partial charge < -0.3 is 24.8 Å². The summed E-state index contributed by atoms with van der Waals surface area (Å²) >= 11 is 0. The van der Waals surface area contributed by atoms with Crippen molar-refractivity contribution in [2.45, 2.75) is 6.92 Å². The SMILES string of the molecule is Cc1cc(O)c2c(c1)C(=O)c1cccc(O)c1C2=O.O=c1cc(-c2ccccc2)oc2cc(O)cc(O)c12. The zero-order valence-corrected chi connectivity index (χ0v) is 19.9. The first-order valence-electron chi connectivity index (χ1n) is 11.5. The van der Waals surface area contributed by atoms with Crippen molar-refractivity contribution in [3.05, 3.63) is 117 Å². The number of rotatable bonds is 1. The lowest BCUT2D eigenvalue weighted by Gasteiger charge is -2.19. The molecule has 38 heavy (non-hydrogen) atoms. The van der Waals surface area contributed by atoms with Crippen molar-refractivity contribution in [1.82, 2.24) is 0 Å². The number of phenols is 4. The maximum Gasteiger partial charge on any atom is 0.201 e. The van der Waals surface area contributed by atoms with E-state index in [1.54, 1.807) is 13.0 Å². The number of carbonyl (C=O) groups excluding carboxylic acids is 2. The van der Waals surface area contributed by atoms with E-state index in [4.69, 9.17) is 4.42 Å². The minimum atomic E-state index is -0.528. The normalized spacial score (nSPS) is 11.9. The summed E-state index contributed by atoms with van der Waals surface area (Å²) in [5.74, 6) is -1.42. The summed E-state index contributed by atoms with van der Waals surface area (Å²) in [5.41, 5.74) is 1.53. The van der Waals surface area contributed by atoms with Gasteiger partial charge in [-0.05, 0) is 30.7 Å². The van der Waals surface area contributed by atoms with Gasteiger partial charge >= 0.3 is 0 Å². The molecule has 0 bridgehead atoms. The van der Waals surface area contributed by atoms with Crippen LogP contribution in [-0.2, 0) is 0 Å². The van der Waals surface area contributed by atoms with Gasteiger partial charge in [-0.25, -0.2) is 0 Å². The number of fused-ring (bicyclic) bond motifs is 3. The number of carbonyl (C=O) groups is 2. The molecule has 4 aromatic carbocycles. The molecule has 0 amide bonds. The molecule has 0 unspecified atom stereocenters. The molecule has 1 aromatic heterocycles. The molecule has 4 N–H and O–H groups in total. The number of ketones is 2. The topological polar surface area (TPSA) is 145 Å². The molecule has 188 valence electrons. The van der Waals surface area contributed by atoms with Crippen LogP contribution in [0.3, 0.4) is 0 Å². The lowest BCUT2D eigenvalue weighted by atomic mass is 9.82. The molecule has 1 heterocycles. The Balaban J connectivity index is 0.000000155. The fraction of sp³-hybridized carbons (Fsp3) is 0.0333. The average molecular weight is 508 g/mol. The number of aryl methyl sites for hydroxylation is 1. The molecule has 0 saturated carbocycles. The third-order valence-electron chi connectivity index (χ3n) is 6.10. The highest BCUT2D eigenvalue weighted by Crippen LogP contribution is 2.37. The zero-order chi connectivity index (χ0) is 27.1.